The molecule has 0 spiro atoms. The van der Waals surface area contributed by atoms with Gasteiger partial charge in [-0.15, -0.1) is 0 Å². The van der Waals surface area contributed by atoms with E-state index in [2.05, 4.69) is 4.99 Å². The molecule has 0 bridgehead atoms. The number of fused-ring (bicyclic) bond motifs is 2. The van der Waals surface area contributed by atoms with Gasteiger partial charge in [0.2, 0.25) is 0 Å². The first-order valence-electron chi connectivity index (χ1n) is 9.31. The lowest BCUT2D eigenvalue weighted by atomic mass is 10.2. The van der Waals surface area contributed by atoms with Crippen molar-refractivity contribution in [1.29, 1.82) is 0 Å². The number of rotatable bonds is 4. The Bertz CT molecular complexity index is 1410. The van der Waals surface area contributed by atoms with Crippen LogP contribution in [0.5, 0.6) is 0 Å². The highest BCUT2D eigenvalue weighted by Gasteiger charge is 2.16. The van der Waals surface area contributed by atoms with Gasteiger partial charge in [-0.2, -0.15) is 4.99 Å². The second-order valence-corrected chi connectivity index (χ2v) is 7.61. The van der Waals surface area contributed by atoms with Crippen molar-refractivity contribution in [1.82, 2.24) is 4.57 Å². The first-order valence-corrected chi connectivity index (χ1v) is 10.1. The molecule has 0 unspecified atom stereocenters. The molecule has 1 amide bonds. The predicted molar refractivity (Wildman–Crippen MR) is 114 cm³/mol. The van der Waals surface area contributed by atoms with Crippen LogP contribution in [-0.2, 0) is 22.5 Å². The summed E-state index contributed by atoms with van der Waals surface area (Å²) in [6, 6.07) is 14.3. The zero-order valence-corrected chi connectivity index (χ0v) is 17.2. The van der Waals surface area contributed by atoms with Crippen LogP contribution >= 0.6 is 11.3 Å². The highest BCUT2D eigenvalue weighted by atomic mass is 32.1. The van der Waals surface area contributed by atoms with E-state index in [1.54, 1.807) is 28.8 Å². The van der Waals surface area contributed by atoms with E-state index < -0.39 is 17.5 Å². The van der Waals surface area contributed by atoms with Crippen LogP contribution in [-0.4, -0.2) is 23.6 Å². The monoisotopic (exact) mass is 422 g/mol. The number of hydrogen-bond donors (Lipinski definition) is 0. The smallest absolute Gasteiger partial charge is 0.349 e. The van der Waals surface area contributed by atoms with Crippen molar-refractivity contribution in [2.24, 2.45) is 4.99 Å². The van der Waals surface area contributed by atoms with Crippen LogP contribution in [0.15, 0.2) is 62.7 Å². The Labute approximate surface area is 174 Å². The van der Waals surface area contributed by atoms with E-state index >= 15 is 0 Å². The first kappa shape index (κ1) is 19.8. The quantitative estimate of drug-likeness (QED) is 0.372. The summed E-state index contributed by atoms with van der Waals surface area (Å²) in [5.74, 6) is -1.19. The summed E-state index contributed by atoms with van der Waals surface area (Å²) in [7, 11) is 1.30. The molecule has 0 aliphatic rings. The van der Waals surface area contributed by atoms with Crippen molar-refractivity contribution in [2.75, 3.05) is 7.11 Å². The number of ether oxygens (including phenoxy) is 1. The number of para-hydroxylation sites is 1. The van der Waals surface area contributed by atoms with Gasteiger partial charge in [0.1, 0.15) is 17.7 Å². The number of amides is 1. The molecule has 4 rings (SSSR count). The second kappa shape index (κ2) is 8.08. The third-order valence-electron chi connectivity index (χ3n) is 4.74. The number of aromatic nitrogens is 1. The maximum Gasteiger partial charge on any atom is 0.349 e. The minimum absolute atomic E-state index is 0.0968. The molecule has 2 aromatic carbocycles. The summed E-state index contributed by atoms with van der Waals surface area (Å²) in [6.45, 7) is 1.95. The van der Waals surface area contributed by atoms with Gasteiger partial charge in [-0.25, -0.2) is 4.79 Å². The highest BCUT2D eigenvalue weighted by Crippen LogP contribution is 2.20. The maximum absolute atomic E-state index is 12.8. The summed E-state index contributed by atoms with van der Waals surface area (Å²) >= 11 is 1.27. The Morgan fingerprint density at radius 1 is 1.17 bits per heavy atom. The molecule has 0 saturated carbocycles. The van der Waals surface area contributed by atoms with E-state index in [4.69, 9.17) is 9.15 Å². The number of nitrogens with zero attached hydrogens (tertiary/aromatic N) is 2. The average molecular weight is 422 g/mol. The van der Waals surface area contributed by atoms with Crippen LogP contribution in [0, 0.1) is 0 Å². The second-order valence-electron chi connectivity index (χ2n) is 6.60. The third kappa shape index (κ3) is 3.69. The standard InChI is InChI=1S/C22H18N2O5S/c1-3-13-8-9-16-18(10-13)30-22(24(16)12-19(25)28-2)23-20(26)15-11-14-6-4-5-7-17(14)29-21(15)27/h4-11H,3,12H2,1-2H3. The lowest BCUT2D eigenvalue weighted by molar-refractivity contribution is -0.141. The molecule has 0 saturated heterocycles. The van der Waals surface area contributed by atoms with Gasteiger partial charge >= 0.3 is 11.6 Å². The number of carbonyl (C=O) groups is 2. The fourth-order valence-electron chi connectivity index (χ4n) is 3.13. The number of thiazole rings is 1. The van der Waals surface area contributed by atoms with E-state index in [0.29, 0.717) is 15.8 Å². The van der Waals surface area contributed by atoms with Crippen molar-refractivity contribution in [3.63, 3.8) is 0 Å². The van der Waals surface area contributed by atoms with Gasteiger partial charge in [0.25, 0.3) is 5.91 Å². The molecule has 8 heteroatoms. The minimum atomic E-state index is -0.753. The minimum Gasteiger partial charge on any atom is -0.468 e. The lowest BCUT2D eigenvalue weighted by Crippen LogP contribution is -2.23. The molecule has 0 aliphatic heterocycles. The van der Waals surface area contributed by atoms with Gasteiger partial charge in [0.15, 0.2) is 4.80 Å². The van der Waals surface area contributed by atoms with Crippen molar-refractivity contribution in [3.05, 3.63) is 74.9 Å². The van der Waals surface area contributed by atoms with Crippen molar-refractivity contribution < 1.29 is 18.7 Å². The van der Waals surface area contributed by atoms with E-state index in [0.717, 1.165) is 22.2 Å². The molecule has 2 aromatic heterocycles. The topological polar surface area (TPSA) is 90.9 Å². The normalized spacial score (nSPS) is 11.9. The number of aryl methyl sites for hydroxylation is 1. The summed E-state index contributed by atoms with van der Waals surface area (Å²) in [6.07, 6.45) is 0.856. The van der Waals surface area contributed by atoms with Gasteiger partial charge in [0, 0.05) is 5.39 Å². The van der Waals surface area contributed by atoms with Crippen LogP contribution in [0.1, 0.15) is 22.8 Å². The van der Waals surface area contributed by atoms with Crippen LogP contribution < -0.4 is 10.4 Å². The largest absolute Gasteiger partial charge is 0.468 e. The molecule has 0 fully saturated rings. The van der Waals surface area contributed by atoms with E-state index in [1.165, 1.54) is 24.5 Å². The van der Waals surface area contributed by atoms with Crippen molar-refractivity contribution in [2.45, 2.75) is 19.9 Å². The summed E-state index contributed by atoms with van der Waals surface area (Å²) in [5.41, 5.74) is 1.37. The van der Waals surface area contributed by atoms with Gasteiger partial charge in [-0.3, -0.25) is 9.59 Å². The molecular formula is C22H18N2O5S. The van der Waals surface area contributed by atoms with Gasteiger partial charge in [-0.05, 0) is 36.2 Å². The summed E-state index contributed by atoms with van der Waals surface area (Å²) < 4.78 is 12.5. The molecule has 4 aromatic rings. The number of esters is 1. The predicted octanol–water partition coefficient (Wildman–Crippen LogP) is 3.29. The Balaban J connectivity index is 1.88. The van der Waals surface area contributed by atoms with Gasteiger partial charge in [0.05, 0.1) is 17.3 Å². The zero-order chi connectivity index (χ0) is 21.3. The molecule has 0 N–H and O–H groups in total. The zero-order valence-electron chi connectivity index (χ0n) is 16.4. The molecular weight excluding hydrogens is 404 g/mol. The molecule has 0 radical (unpaired) electrons. The molecule has 0 atom stereocenters. The van der Waals surface area contributed by atoms with Gasteiger partial charge < -0.3 is 13.7 Å². The number of hydrogen-bond acceptors (Lipinski definition) is 6. The SMILES string of the molecule is CCc1ccc2c(c1)sc(=NC(=O)c1cc3ccccc3oc1=O)n2CC(=O)OC. The van der Waals surface area contributed by atoms with Crippen LogP contribution in [0.25, 0.3) is 21.2 Å². The van der Waals surface area contributed by atoms with Gasteiger partial charge in [-0.1, -0.05) is 42.5 Å². The molecule has 2 heterocycles. The molecule has 152 valence electrons. The van der Waals surface area contributed by atoms with Crippen LogP contribution in [0.3, 0.4) is 0 Å². The number of methoxy groups -OCH3 is 1. The van der Waals surface area contributed by atoms with E-state index in [1.807, 2.05) is 25.1 Å². The molecule has 0 aliphatic carbocycles. The van der Waals surface area contributed by atoms with E-state index in [9.17, 15) is 14.4 Å². The average Bonchev–Trinajstić information content (AvgIpc) is 3.08. The molecule has 30 heavy (non-hydrogen) atoms. The Hall–Kier alpha value is -3.52. The number of benzene rings is 2. The maximum atomic E-state index is 12.8. The van der Waals surface area contributed by atoms with Crippen molar-refractivity contribution in [3.8, 4) is 0 Å². The van der Waals surface area contributed by atoms with Crippen LogP contribution in [0.4, 0.5) is 0 Å². The lowest BCUT2D eigenvalue weighted by Gasteiger charge is -2.04. The summed E-state index contributed by atoms with van der Waals surface area (Å²) in [4.78, 5) is 41.5. The fraction of sp³-hybridized carbons (Fsp3) is 0.182. The highest BCUT2D eigenvalue weighted by molar-refractivity contribution is 7.16. The first-order chi connectivity index (χ1) is 14.5. The summed E-state index contributed by atoms with van der Waals surface area (Å²) in [5, 5.41) is 0.627. The van der Waals surface area contributed by atoms with Crippen LogP contribution in [0.2, 0.25) is 0 Å². The Kier molecular flexibility index (Phi) is 5.33. The van der Waals surface area contributed by atoms with Crippen molar-refractivity contribution >= 4 is 44.4 Å². The fourth-order valence-corrected chi connectivity index (χ4v) is 4.22. The Morgan fingerprint density at radius 2 is 1.97 bits per heavy atom. The van der Waals surface area contributed by atoms with E-state index in [-0.39, 0.29) is 12.1 Å². The number of carbonyl (C=O) groups excluding carboxylic acids is 2. The third-order valence-corrected chi connectivity index (χ3v) is 5.78. The Morgan fingerprint density at radius 3 is 2.73 bits per heavy atom. The molecule has 7 nitrogen and oxygen atoms in total.